The van der Waals surface area contributed by atoms with Crippen molar-refractivity contribution in [2.45, 2.75) is 0 Å². The van der Waals surface area contributed by atoms with Gasteiger partial charge in [-0.05, 0) is 0 Å². The highest BCUT2D eigenvalue weighted by molar-refractivity contribution is 5.81. The van der Waals surface area contributed by atoms with Gasteiger partial charge in [-0.3, -0.25) is 0 Å². The smallest absolute Gasteiger partial charge is 0.332 e. The number of esters is 1. The SMILES string of the molecule is C=CC(=O)OCF.OCCO. The molecule has 0 unspecified atom stereocenters. The predicted octanol–water partition coefficient (Wildman–Crippen LogP) is -0.386. The maximum absolute atomic E-state index is 10.9. The fourth-order valence-electron chi connectivity index (χ4n) is 0.113. The van der Waals surface area contributed by atoms with Crippen molar-refractivity contribution in [2.24, 2.45) is 0 Å². The number of aliphatic hydroxyl groups is 2. The van der Waals surface area contributed by atoms with E-state index in [-0.39, 0.29) is 13.2 Å². The van der Waals surface area contributed by atoms with Crippen molar-refractivity contribution in [1.82, 2.24) is 0 Å². The highest BCUT2D eigenvalue weighted by Crippen LogP contribution is 1.76. The average Bonchev–Trinajstić information content (AvgIpc) is 2.05. The molecular formula is C6H11FO4. The molecule has 0 saturated carbocycles. The Morgan fingerprint density at radius 1 is 1.55 bits per heavy atom. The standard InChI is InChI=1S/C4H5FO2.C2H6O2/c1-2-4(6)7-3-5;3-1-2-4/h2H,1,3H2;3-4H,1-2H2. The summed E-state index contributed by atoms with van der Waals surface area (Å²) in [6, 6.07) is 0. The van der Waals surface area contributed by atoms with Gasteiger partial charge >= 0.3 is 5.97 Å². The minimum absolute atomic E-state index is 0.125. The molecular weight excluding hydrogens is 155 g/mol. The Labute approximate surface area is 63.9 Å². The van der Waals surface area contributed by atoms with Gasteiger partial charge in [0.05, 0.1) is 13.2 Å². The number of aliphatic hydroxyl groups excluding tert-OH is 2. The van der Waals surface area contributed by atoms with Crippen molar-refractivity contribution in [3.05, 3.63) is 12.7 Å². The molecule has 0 atom stereocenters. The van der Waals surface area contributed by atoms with Crippen LogP contribution in [0.1, 0.15) is 0 Å². The maximum Gasteiger partial charge on any atom is 0.332 e. The van der Waals surface area contributed by atoms with Crippen LogP contribution >= 0.6 is 0 Å². The number of ether oxygens (including phenoxy) is 1. The van der Waals surface area contributed by atoms with E-state index in [2.05, 4.69) is 11.3 Å². The topological polar surface area (TPSA) is 66.8 Å². The molecule has 0 aliphatic heterocycles. The molecule has 0 aromatic heterocycles. The molecule has 0 aromatic carbocycles. The molecule has 0 bridgehead atoms. The molecule has 5 heteroatoms. The van der Waals surface area contributed by atoms with E-state index < -0.39 is 12.8 Å². The first-order valence-electron chi connectivity index (χ1n) is 2.79. The van der Waals surface area contributed by atoms with Crippen LogP contribution in [0.25, 0.3) is 0 Å². The Bertz CT molecular complexity index is 103. The Kier molecular flexibility index (Phi) is 13.6. The van der Waals surface area contributed by atoms with Gasteiger partial charge in [0.25, 0.3) is 0 Å². The minimum Gasteiger partial charge on any atom is -0.431 e. The summed E-state index contributed by atoms with van der Waals surface area (Å²) >= 11 is 0. The largest absolute Gasteiger partial charge is 0.431 e. The van der Waals surface area contributed by atoms with E-state index >= 15 is 0 Å². The van der Waals surface area contributed by atoms with Crippen LogP contribution in [0, 0.1) is 0 Å². The van der Waals surface area contributed by atoms with Gasteiger partial charge in [0.1, 0.15) is 0 Å². The third-order valence-corrected chi connectivity index (χ3v) is 0.463. The summed E-state index contributed by atoms with van der Waals surface area (Å²) in [7, 11) is 0. The fraction of sp³-hybridized carbons (Fsp3) is 0.500. The normalized spacial score (nSPS) is 7.55. The molecule has 0 aliphatic carbocycles. The lowest BCUT2D eigenvalue weighted by atomic mass is 10.7. The first kappa shape index (κ1) is 12.7. The lowest BCUT2D eigenvalue weighted by Crippen LogP contribution is -1.96. The summed E-state index contributed by atoms with van der Waals surface area (Å²) < 4.78 is 14.7. The van der Waals surface area contributed by atoms with Crippen LogP contribution in [0.3, 0.4) is 0 Å². The van der Waals surface area contributed by atoms with Crippen molar-refractivity contribution in [1.29, 1.82) is 0 Å². The van der Waals surface area contributed by atoms with Crippen LogP contribution in [0.2, 0.25) is 0 Å². The number of carbonyl (C=O) groups excluding carboxylic acids is 1. The minimum atomic E-state index is -1.08. The molecule has 11 heavy (non-hydrogen) atoms. The van der Waals surface area contributed by atoms with E-state index in [1.54, 1.807) is 0 Å². The Balaban J connectivity index is 0. The zero-order valence-corrected chi connectivity index (χ0v) is 5.99. The third kappa shape index (κ3) is 17.6. The summed E-state index contributed by atoms with van der Waals surface area (Å²) in [5.41, 5.74) is 0. The van der Waals surface area contributed by atoms with Crippen molar-refractivity contribution in [2.75, 3.05) is 20.1 Å². The van der Waals surface area contributed by atoms with Crippen LogP contribution in [-0.2, 0) is 9.53 Å². The van der Waals surface area contributed by atoms with Crippen molar-refractivity contribution < 1.29 is 24.1 Å². The number of halogens is 1. The molecule has 0 aromatic rings. The summed E-state index contributed by atoms with van der Waals surface area (Å²) in [4.78, 5) is 9.83. The van der Waals surface area contributed by atoms with Gasteiger partial charge in [-0.25, -0.2) is 9.18 Å². The summed E-state index contributed by atoms with van der Waals surface area (Å²) in [5.74, 6) is -0.734. The van der Waals surface area contributed by atoms with Crippen LogP contribution in [0.5, 0.6) is 0 Å². The van der Waals surface area contributed by atoms with Gasteiger partial charge < -0.3 is 14.9 Å². The summed E-state index contributed by atoms with van der Waals surface area (Å²) in [5, 5.41) is 15.2. The second kappa shape index (κ2) is 11.8. The Hall–Kier alpha value is -0.940. The first-order chi connectivity index (χ1) is 5.22. The molecule has 0 heterocycles. The first-order valence-corrected chi connectivity index (χ1v) is 2.79. The van der Waals surface area contributed by atoms with E-state index in [9.17, 15) is 9.18 Å². The van der Waals surface area contributed by atoms with Gasteiger partial charge in [-0.15, -0.1) is 0 Å². The number of hydrogen-bond donors (Lipinski definition) is 2. The quantitative estimate of drug-likeness (QED) is 0.442. The number of hydrogen-bond acceptors (Lipinski definition) is 4. The van der Waals surface area contributed by atoms with E-state index in [1.807, 2.05) is 0 Å². The Morgan fingerprint density at radius 2 is 2.00 bits per heavy atom. The van der Waals surface area contributed by atoms with Gasteiger partial charge in [-0.2, -0.15) is 0 Å². The van der Waals surface area contributed by atoms with Crippen LogP contribution in [-0.4, -0.2) is 36.3 Å². The van der Waals surface area contributed by atoms with Crippen LogP contribution in [0.15, 0.2) is 12.7 Å². The molecule has 0 spiro atoms. The molecule has 0 aliphatic rings. The summed E-state index contributed by atoms with van der Waals surface area (Å²) in [6.07, 6.45) is 0.902. The van der Waals surface area contributed by atoms with Crippen molar-refractivity contribution in [3.8, 4) is 0 Å². The van der Waals surface area contributed by atoms with Gasteiger partial charge in [-0.1, -0.05) is 6.58 Å². The molecule has 0 fully saturated rings. The van der Waals surface area contributed by atoms with E-state index in [0.29, 0.717) is 0 Å². The second-order valence-corrected chi connectivity index (χ2v) is 1.22. The van der Waals surface area contributed by atoms with Crippen molar-refractivity contribution in [3.63, 3.8) is 0 Å². The molecule has 0 saturated heterocycles. The van der Waals surface area contributed by atoms with E-state index in [4.69, 9.17) is 10.2 Å². The molecule has 4 nitrogen and oxygen atoms in total. The highest BCUT2D eigenvalue weighted by Gasteiger charge is 1.88. The van der Waals surface area contributed by atoms with Crippen molar-refractivity contribution >= 4 is 5.97 Å². The number of alkyl halides is 1. The van der Waals surface area contributed by atoms with Gasteiger partial charge in [0, 0.05) is 6.08 Å². The Morgan fingerprint density at radius 3 is 2.09 bits per heavy atom. The van der Waals surface area contributed by atoms with Gasteiger partial charge in [0.2, 0.25) is 6.86 Å². The van der Waals surface area contributed by atoms with Crippen LogP contribution in [0.4, 0.5) is 4.39 Å². The molecule has 66 valence electrons. The lowest BCUT2D eigenvalue weighted by Gasteiger charge is -1.87. The molecule has 0 radical (unpaired) electrons. The lowest BCUT2D eigenvalue weighted by molar-refractivity contribution is -0.141. The predicted molar refractivity (Wildman–Crippen MR) is 36.4 cm³/mol. The second-order valence-electron chi connectivity index (χ2n) is 1.22. The van der Waals surface area contributed by atoms with E-state index in [0.717, 1.165) is 6.08 Å². The maximum atomic E-state index is 10.9. The monoisotopic (exact) mass is 166 g/mol. The molecule has 2 N–H and O–H groups in total. The fourth-order valence-corrected chi connectivity index (χ4v) is 0.113. The number of carbonyl (C=O) groups is 1. The molecule has 0 rings (SSSR count). The van der Waals surface area contributed by atoms with Gasteiger partial charge in [0.15, 0.2) is 0 Å². The summed E-state index contributed by atoms with van der Waals surface area (Å²) in [6.45, 7) is 1.71. The average molecular weight is 166 g/mol. The molecule has 0 amide bonds. The van der Waals surface area contributed by atoms with Crippen LogP contribution < -0.4 is 0 Å². The highest BCUT2D eigenvalue weighted by atomic mass is 19.1. The number of rotatable bonds is 3. The zero-order chi connectivity index (χ0) is 9.11. The zero-order valence-electron chi connectivity index (χ0n) is 5.99. The third-order valence-electron chi connectivity index (χ3n) is 0.463. The van der Waals surface area contributed by atoms with E-state index in [1.165, 1.54) is 0 Å².